The number of benzene rings is 1. The molecule has 1 N–H and O–H groups in total. The molecule has 0 atom stereocenters. The highest BCUT2D eigenvalue weighted by molar-refractivity contribution is 9.10. The van der Waals surface area contributed by atoms with E-state index < -0.39 is 0 Å². The molecule has 0 radical (unpaired) electrons. The molecule has 2 nitrogen and oxygen atoms in total. The van der Waals surface area contributed by atoms with Gasteiger partial charge in [-0.05, 0) is 35.3 Å². The van der Waals surface area contributed by atoms with Gasteiger partial charge in [-0.3, -0.25) is 0 Å². The maximum absolute atomic E-state index is 4.12. The van der Waals surface area contributed by atoms with Crippen LogP contribution < -0.4 is 0 Å². The second-order valence-electron chi connectivity index (χ2n) is 3.41. The van der Waals surface area contributed by atoms with Crippen molar-refractivity contribution in [3.8, 4) is 11.3 Å². The van der Waals surface area contributed by atoms with Crippen LogP contribution in [0.2, 0.25) is 0 Å². The first-order valence-electron chi connectivity index (χ1n) is 4.45. The van der Waals surface area contributed by atoms with Gasteiger partial charge in [0.2, 0.25) is 0 Å². The molecule has 2 aromatic rings. The molecule has 0 unspecified atom stereocenters. The van der Waals surface area contributed by atoms with Crippen molar-refractivity contribution in [3.63, 3.8) is 0 Å². The Morgan fingerprint density at radius 3 is 2.64 bits per heavy atom. The number of aromatic nitrogens is 2. The van der Waals surface area contributed by atoms with Crippen LogP contribution in [0.5, 0.6) is 0 Å². The number of H-pyrrole nitrogens is 1. The van der Waals surface area contributed by atoms with Gasteiger partial charge in [0.05, 0.1) is 11.9 Å². The lowest BCUT2D eigenvalue weighted by Crippen LogP contribution is -1.84. The molecule has 0 aliphatic carbocycles. The highest BCUT2D eigenvalue weighted by atomic mass is 79.9. The molecule has 0 fully saturated rings. The lowest BCUT2D eigenvalue weighted by atomic mass is 10.0. The molecule has 72 valence electrons. The van der Waals surface area contributed by atoms with Crippen molar-refractivity contribution in [3.05, 3.63) is 40.3 Å². The van der Waals surface area contributed by atoms with E-state index >= 15 is 0 Å². The zero-order valence-electron chi connectivity index (χ0n) is 8.13. The van der Waals surface area contributed by atoms with Crippen molar-refractivity contribution in [2.24, 2.45) is 0 Å². The average Bonchev–Trinajstić information content (AvgIpc) is 2.51. The van der Waals surface area contributed by atoms with Gasteiger partial charge in [0.1, 0.15) is 0 Å². The van der Waals surface area contributed by atoms with Crippen LogP contribution >= 0.6 is 15.9 Å². The molecular weight excluding hydrogens is 240 g/mol. The van der Waals surface area contributed by atoms with E-state index in [0.717, 1.165) is 10.4 Å². The molecule has 0 saturated carbocycles. The monoisotopic (exact) mass is 250 g/mol. The van der Waals surface area contributed by atoms with Crippen molar-refractivity contribution >= 4 is 15.9 Å². The Morgan fingerprint density at radius 1 is 1.29 bits per heavy atom. The fourth-order valence-electron chi connectivity index (χ4n) is 1.55. The van der Waals surface area contributed by atoms with Crippen LogP contribution in [0.25, 0.3) is 11.3 Å². The van der Waals surface area contributed by atoms with Gasteiger partial charge in [0, 0.05) is 5.56 Å². The standard InChI is InChI=1S/C11H11BrN2/c1-7-3-4-9(8(2)5-7)10-6-13-11(12)14-10/h3-6H,1-2H3,(H,13,14). The topological polar surface area (TPSA) is 28.7 Å². The number of aromatic amines is 1. The minimum Gasteiger partial charge on any atom is -0.333 e. The van der Waals surface area contributed by atoms with E-state index in [2.05, 4.69) is 57.9 Å². The van der Waals surface area contributed by atoms with Crippen molar-refractivity contribution < 1.29 is 0 Å². The number of hydrogen-bond acceptors (Lipinski definition) is 1. The largest absolute Gasteiger partial charge is 0.333 e. The van der Waals surface area contributed by atoms with Crippen LogP contribution in [0.1, 0.15) is 11.1 Å². The van der Waals surface area contributed by atoms with Crippen LogP contribution in [0.4, 0.5) is 0 Å². The van der Waals surface area contributed by atoms with E-state index in [-0.39, 0.29) is 0 Å². The van der Waals surface area contributed by atoms with E-state index in [4.69, 9.17) is 0 Å². The highest BCUT2D eigenvalue weighted by Gasteiger charge is 2.04. The second kappa shape index (κ2) is 3.58. The Labute approximate surface area is 91.5 Å². The number of nitrogens with zero attached hydrogens (tertiary/aromatic N) is 1. The Kier molecular flexibility index (Phi) is 2.42. The van der Waals surface area contributed by atoms with Gasteiger partial charge >= 0.3 is 0 Å². The summed E-state index contributed by atoms with van der Waals surface area (Å²) in [5.74, 6) is 0. The molecular formula is C11H11BrN2. The number of hydrogen-bond donors (Lipinski definition) is 1. The number of rotatable bonds is 1. The predicted molar refractivity (Wildman–Crippen MR) is 61.2 cm³/mol. The summed E-state index contributed by atoms with van der Waals surface area (Å²) in [6.45, 7) is 4.21. The van der Waals surface area contributed by atoms with Gasteiger partial charge in [-0.25, -0.2) is 4.98 Å². The van der Waals surface area contributed by atoms with E-state index in [1.54, 1.807) is 0 Å². The highest BCUT2D eigenvalue weighted by Crippen LogP contribution is 2.23. The first-order chi connectivity index (χ1) is 6.66. The lowest BCUT2D eigenvalue weighted by molar-refractivity contribution is 1.24. The molecule has 0 saturated heterocycles. The third kappa shape index (κ3) is 1.73. The van der Waals surface area contributed by atoms with Crippen LogP contribution in [0.3, 0.4) is 0 Å². The van der Waals surface area contributed by atoms with Crippen LogP contribution in [-0.2, 0) is 0 Å². The number of imidazole rings is 1. The third-order valence-corrected chi connectivity index (χ3v) is 2.62. The molecule has 14 heavy (non-hydrogen) atoms. The van der Waals surface area contributed by atoms with Crippen molar-refractivity contribution in [2.45, 2.75) is 13.8 Å². The summed E-state index contributed by atoms with van der Waals surface area (Å²) >= 11 is 3.30. The lowest BCUT2D eigenvalue weighted by Gasteiger charge is -2.03. The first kappa shape index (κ1) is 9.46. The van der Waals surface area contributed by atoms with Gasteiger partial charge in [0.15, 0.2) is 4.73 Å². The van der Waals surface area contributed by atoms with Crippen LogP contribution in [0, 0.1) is 13.8 Å². The SMILES string of the molecule is Cc1ccc(-c2cnc(Br)[nH]2)c(C)c1. The molecule has 2 rings (SSSR count). The summed E-state index contributed by atoms with van der Waals surface area (Å²) < 4.78 is 0.771. The van der Waals surface area contributed by atoms with Gasteiger partial charge in [0.25, 0.3) is 0 Å². The molecule has 1 heterocycles. The summed E-state index contributed by atoms with van der Waals surface area (Å²) in [5.41, 5.74) is 4.80. The smallest absolute Gasteiger partial charge is 0.174 e. The first-order valence-corrected chi connectivity index (χ1v) is 5.24. The summed E-state index contributed by atoms with van der Waals surface area (Å²) in [4.78, 5) is 7.28. The normalized spacial score (nSPS) is 10.5. The molecule has 0 bridgehead atoms. The summed E-state index contributed by atoms with van der Waals surface area (Å²) in [7, 11) is 0. The fourth-order valence-corrected chi connectivity index (χ4v) is 1.87. The minimum absolute atomic E-state index is 0.771. The van der Waals surface area contributed by atoms with Gasteiger partial charge < -0.3 is 4.98 Å². The molecule has 0 amide bonds. The molecule has 1 aromatic carbocycles. The van der Waals surface area contributed by atoms with E-state index in [1.807, 2.05) is 6.20 Å². The van der Waals surface area contributed by atoms with Gasteiger partial charge in [-0.15, -0.1) is 0 Å². The van der Waals surface area contributed by atoms with E-state index in [0.29, 0.717) is 0 Å². The summed E-state index contributed by atoms with van der Waals surface area (Å²) in [5, 5.41) is 0. The van der Waals surface area contributed by atoms with Crippen molar-refractivity contribution in [1.82, 2.24) is 9.97 Å². The number of nitrogens with one attached hydrogen (secondary N) is 1. The number of halogens is 1. The Morgan fingerprint density at radius 2 is 2.07 bits per heavy atom. The Hall–Kier alpha value is -1.09. The molecule has 0 aliphatic rings. The summed E-state index contributed by atoms with van der Waals surface area (Å²) in [6.07, 6.45) is 1.84. The molecule has 0 spiro atoms. The number of aryl methyl sites for hydroxylation is 2. The quantitative estimate of drug-likeness (QED) is 0.826. The van der Waals surface area contributed by atoms with Crippen molar-refractivity contribution in [1.29, 1.82) is 0 Å². The summed E-state index contributed by atoms with van der Waals surface area (Å²) in [6, 6.07) is 6.39. The van der Waals surface area contributed by atoms with E-state index in [9.17, 15) is 0 Å². The predicted octanol–water partition coefficient (Wildman–Crippen LogP) is 3.46. The van der Waals surface area contributed by atoms with Crippen LogP contribution in [0.15, 0.2) is 29.1 Å². The Balaban J connectivity index is 2.52. The van der Waals surface area contributed by atoms with Gasteiger partial charge in [-0.2, -0.15) is 0 Å². The van der Waals surface area contributed by atoms with Crippen molar-refractivity contribution in [2.75, 3.05) is 0 Å². The maximum Gasteiger partial charge on any atom is 0.174 e. The third-order valence-electron chi connectivity index (χ3n) is 2.22. The van der Waals surface area contributed by atoms with Crippen LogP contribution in [-0.4, -0.2) is 9.97 Å². The van der Waals surface area contributed by atoms with E-state index in [1.165, 1.54) is 16.7 Å². The minimum atomic E-state index is 0.771. The fraction of sp³-hybridized carbons (Fsp3) is 0.182. The molecule has 1 aromatic heterocycles. The van der Waals surface area contributed by atoms with Gasteiger partial charge in [-0.1, -0.05) is 23.8 Å². The zero-order valence-corrected chi connectivity index (χ0v) is 9.72. The zero-order chi connectivity index (χ0) is 10.1. The maximum atomic E-state index is 4.12. The molecule has 0 aliphatic heterocycles. The second-order valence-corrected chi connectivity index (χ2v) is 4.16. The average molecular weight is 251 g/mol. The Bertz CT molecular complexity index is 460. The molecule has 3 heteroatoms.